The molecular formula is C22H17BrClNO4. The summed E-state index contributed by atoms with van der Waals surface area (Å²) in [5.74, 6) is -0.736. The average Bonchev–Trinajstić information content (AvgIpc) is 2.72. The molecule has 0 heterocycles. The van der Waals surface area contributed by atoms with Crippen molar-refractivity contribution >= 4 is 45.1 Å². The molecule has 0 spiro atoms. The summed E-state index contributed by atoms with van der Waals surface area (Å²) in [6, 6.07) is 21.1. The van der Waals surface area contributed by atoms with Gasteiger partial charge in [-0.2, -0.15) is 0 Å². The fraction of sp³-hybridized carbons (Fsp3) is 0.0909. The van der Waals surface area contributed by atoms with Crippen LogP contribution in [0.1, 0.15) is 15.9 Å². The van der Waals surface area contributed by atoms with Crippen molar-refractivity contribution < 1.29 is 19.1 Å². The van der Waals surface area contributed by atoms with E-state index in [0.717, 1.165) is 10.0 Å². The SMILES string of the molecule is O=C(COC(=O)c1ccccc1OCc1ccccc1Cl)Nc1cccc(Br)c1. The first-order valence-corrected chi connectivity index (χ1v) is 9.88. The number of carbonyl (C=O) groups excluding carboxylic acids is 2. The molecule has 0 aliphatic rings. The second kappa shape index (κ2) is 10.1. The van der Waals surface area contributed by atoms with Gasteiger partial charge < -0.3 is 14.8 Å². The Kier molecular flexibility index (Phi) is 7.27. The molecule has 0 saturated heterocycles. The van der Waals surface area contributed by atoms with Gasteiger partial charge in [-0.3, -0.25) is 4.79 Å². The van der Waals surface area contributed by atoms with Crippen LogP contribution in [0.15, 0.2) is 77.3 Å². The molecule has 0 bridgehead atoms. The Labute approximate surface area is 181 Å². The van der Waals surface area contributed by atoms with Crippen LogP contribution in [0.25, 0.3) is 0 Å². The molecule has 0 saturated carbocycles. The van der Waals surface area contributed by atoms with Crippen LogP contribution in [-0.4, -0.2) is 18.5 Å². The summed E-state index contributed by atoms with van der Waals surface area (Å²) in [5, 5.41) is 3.25. The van der Waals surface area contributed by atoms with Gasteiger partial charge >= 0.3 is 5.97 Å². The van der Waals surface area contributed by atoms with Gasteiger partial charge in [0.1, 0.15) is 17.9 Å². The van der Waals surface area contributed by atoms with Gasteiger partial charge in [-0.1, -0.05) is 63.9 Å². The second-order valence-electron chi connectivity index (χ2n) is 6.01. The quantitative estimate of drug-likeness (QED) is 0.461. The Morgan fingerprint density at radius 1 is 0.966 bits per heavy atom. The van der Waals surface area contributed by atoms with Crippen molar-refractivity contribution in [2.75, 3.05) is 11.9 Å². The number of halogens is 2. The van der Waals surface area contributed by atoms with Crippen molar-refractivity contribution in [1.82, 2.24) is 0 Å². The molecule has 148 valence electrons. The number of anilines is 1. The van der Waals surface area contributed by atoms with Gasteiger partial charge in [0.25, 0.3) is 5.91 Å². The minimum absolute atomic E-state index is 0.202. The monoisotopic (exact) mass is 473 g/mol. The first kappa shape index (κ1) is 20.9. The zero-order valence-corrected chi connectivity index (χ0v) is 17.6. The van der Waals surface area contributed by atoms with Gasteiger partial charge in [0.15, 0.2) is 6.61 Å². The zero-order chi connectivity index (χ0) is 20.6. The van der Waals surface area contributed by atoms with Crippen LogP contribution >= 0.6 is 27.5 Å². The molecular weight excluding hydrogens is 458 g/mol. The number of ether oxygens (including phenoxy) is 2. The van der Waals surface area contributed by atoms with Crippen LogP contribution in [0.4, 0.5) is 5.69 Å². The summed E-state index contributed by atoms with van der Waals surface area (Å²) < 4.78 is 11.7. The Bertz CT molecular complexity index is 1020. The normalized spacial score (nSPS) is 10.3. The van der Waals surface area contributed by atoms with E-state index in [-0.39, 0.29) is 12.2 Å². The van der Waals surface area contributed by atoms with Gasteiger partial charge in [-0.15, -0.1) is 0 Å². The zero-order valence-electron chi connectivity index (χ0n) is 15.2. The number of rotatable bonds is 7. The third-order valence-electron chi connectivity index (χ3n) is 3.89. The number of esters is 1. The maximum absolute atomic E-state index is 12.4. The molecule has 7 heteroatoms. The number of benzene rings is 3. The molecule has 1 amide bonds. The van der Waals surface area contributed by atoms with Crippen molar-refractivity contribution in [1.29, 1.82) is 0 Å². The number of nitrogens with one attached hydrogen (secondary N) is 1. The summed E-state index contributed by atoms with van der Waals surface area (Å²) in [7, 11) is 0. The van der Waals surface area contributed by atoms with Crippen LogP contribution in [0.5, 0.6) is 5.75 Å². The highest BCUT2D eigenvalue weighted by atomic mass is 79.9. The Morgan fingerprint density at radius 3 is 2.52 bits per heavy atom. The number of amides is 1. The van der Waals surface area contributed by atoms with Crippen LogP contribution in [0.2, 0.25) is 5.02 Å². The third-order valence-corrected chi connectivity index (χ3v) is 4.75. The van der Waals surface area contributed by atoms with E-state index in [2.05, 4.69) is 21.2 Å². The highest BCUT2D eigenvalue weighted by Crippen LogP contribution is 2.23. The van der Waals surface area contributed by atoms with E-state index in [9.17, 15) is 9.59 Å². The lowest BCUT2D eigenvalue weighted by atomic mass is 10.2. The maximum Gasteiger partial charge on any atom is 0.342 e. The molecule has 0 aliphatic heterocycles. The largest absolute Gasteiger partial charge is 0.488 e. The summed E-state index contributed by atoms with van der Waals surface area (Å²) in [6.45, 7) is -0.211. The van der Waals surface area contributed by atoms with E-state index in [1.807, 2.05) is 24.3 Å². The van der Waals surface area contributed by atoms with E-state index in [0.29, 0.717) is 16.5 Å². The minimum Gasteiger partial charge on any atom is -0.488 e. The second-order valence-corrected chi connectivity index (χ2v) is 7.33. The lowest BCUT2D eigenvalue weighted by molar-refractivity contribution is -0.119. The number of hydrogen-bond acceptors (Lipinski definition) is 4. The summed E-state index contributed by atoms with van der Waals surface area (Å²) in [5.41, 5.74) is 1.63. The molecule has 3 aromatic rings. The van der Waals surface area contributed by atoms with Crippen molar-refractivity contribution in [3.05, 3.63) is 93.4 Å². The molecule has 0 atom stereocenters. The van der Waals surface area contributed by atoms with E-state index >= 15 is 0 Å². The fourth-order valence-electron chi connectivity index (χ4n) is 2.50. The van der Waals surface area contributed by atoms with Crippen molar-refractivity contribution in [3.8, 4) is 5.75 Å². The molecule has 0 aliphatic carbocycles. The maximum atomic E-state index is 12.4. The molecule has 3 aromatic carbocycles. The molecule has 0 radical (unpaired) electrons. The Hall–Kier alpha value is -2.83. The van der Waals surface area contributed by atoms with Gasteiger partial charge in [-0.25, -0.2) is 4.79 Å². The molecule has 5 nitrogen and oxygen atoms in total. The van der Waals surface area contributed by atoms with Gasteiger partial charge in [0.2, 0.25) is 0 Å². The summed E-state index contributed by atoms with van der Waals surface area (Å²) >= 11 is 9.46. The molecule has 29 heavy (non-hydrogen) atoms. The van der Waals surface area contributed by atoms with Gasteiger partial charge in [0.05, 0.1) is 0 Å². The Balaban J connectivity index is 1.59. The van der Waals surface area contributed by atoms with Gasteiger partial charge in [0, 0.05) is 20.7 Å². The van der Waals surface area contributed by atoms with E-state index in [4.69, 9.17) is 21.1 Å². The number of carbonyl (C=O) groups is 2. The fourth-order valence-corrected chi connectivity index (χ4v) is 3.09. The first-order valence-electron chi connectivity index (χ1n) is 8.70. The predicted octanol–water partition coefficient (Wildman–Crippen LogP) is 5.48. The van der Waals surface area contributed by atoms with E-state index in [1.165, 1.54) is 0 Å². The van der Waals surface area contributed by atoms with Crippen molar-refractivity contribution in [2.45, 2.75) is 6.61 Å². The molecule has 0 aromatic heterocycles. The average molecular weight is 475 g/mol. The Morgan fingerprint density at radius 2 is 1.72 bits per heavy atom. The van der Waals surface area contributed by atoms with Crippen molar-refractivity contribution in [2.24, 2.45) is 0 Å². The standard InChI is InChI=1S/C22H17BrClNO4/c23-16-7-5-8-17(12-16)25-21(26)14-29-22(27)18-9-2-4-11-20(18)28-13-15-6-1-3-10-19(15)24/h1-12H,13-14H2,(H,25,26). The van der Waals surface area contributed by atoms with Crippen LogP contribution in [-0.2, 0) is 16.1 Å². The van der Waals surface area contributed by atoms with E-state index in [1.54, 1.807) is 48.5 Å². The van der Waals surface area contributed by atoms with Crippen molar-refractivity contribution in [3.63, 3.8) is 0 Å². The predicted molar refractivity (Wildman–Crippen MR) is 115 cm³/mol. The lowest BCUT2D eigenvalue weighted by Gasteiger charge is -2.12. The number of para-hydroxylation sites is 1. The third kappa shape index (κ3) is 6.07. The molecule has 1 N–H and O–H groups in total. The highest BCUT2D eigenvalue weighted by Gasteiger charge is 2.16. The van der Waals surface area contributed by atoms with Crippen LogP contribution in [0, 0.1) is 0 Å². The minimum atomic E-state index is -0.649. The highest BCUT2D eigenvalue weighted by molar-refractivity contribution is 9.10. The van der Waals surface area contributed by atoms with E-state index < -0.39 is 18.5 Å². The number of hydrogen-bond donors (Lipinski definition) is 1. The van der Waals surface area contributed by atoms with Crippen LogP contribution < -0.4 is 10.1 Å². The first-order chi connectivity index (χ1) is 14.0. The summed E-state index contributed by atoms with van der Waals surface area (Å²) in [4.78, 5) is 24.5. The lowest BCUT2D eigenvalue weighted by Crippen LogP contribution is -2.21. The molecule has 0 fully saturated rings. The van der Waals surface area contributed by atoms with Crippen LogP contribution in [0.3, 0.4) is 0 Å². The topological polar surface area (TPSA) is 64.6 Å². The molecule has 0 unspecified atom stereocenters. The molecule has 3 rings (SSSR count). The smallest absolute Gasteiger partial charge is 0.342 e. The van der Waals surface area contributed by atoms with Gasteiger partial charge in [-0.05, 0) is 36.4 Å². The summed E-state index contributed by atoms with van der Waals surface area (Å²) in [6.07, 6.45) is 0.